The second-order valence-electron chi connectivity index (χ2n) is 14.6. The van der Waals surface area contributed by atoms with Crippen LogP contribution in [0, 0.1) is 40.4 Å². The van der Waals surface area contributed by atoms with Gasteiger partial charge in [0.2, 0.25) is 17.6 Å². The molecular formula is C30H49N5O6. The summed E-state index contributed by atoms with van der Waals surface area (Å²) in [6.07, 6.45) is 2.18. The van der Waals surface area contributed by atoms with E-state index in [1.807, 2.05) is 48.5 Å². The van der Waals surface area contributed by atoms with Crippen molar-refractivity contribution in [3.8, 4) is 0 Å². The second-order valence-corrected chi connectivity index (χ2v) is 14.6. The van der Waals surface area contributed by atoms with Crippen LogP contribution in [0.4, 0.5) is 4.79 Å². The number of fused-ring (bicyclic) bond motifs is 1. The van der Waals surface area contributed by atoms with Crippen molar-refractivity contribution in [2.75, 3.05) is 6.54 Å². The van der Waals surface area contributed by atoms with E-state index in [0.717, 1.165) is 12.8 Å². The van der Waals surface area contributed by atoms with Crippen molar-refractivity contribution in [1.82, 2.24) is 20.9 Å². The predicted octanol–water partition coefficient (Wildman–Crippen LogP) is 1.77. The summed E-state index contributed by atoms with van der Waals surface area (Å²) in [5.41, 5.74) is 4.37. The minimum absolute atomic E-state index is 0.0827. The average Bonchev–Trinajstić information content (AvgIpc) is 3.70. The van der Waals surface area contributed by atoms with Gasteiger partial charge < -0.3 is 26.6 Å². The summed E-state index contributed by atoms with van der Waals surface area (Å²) < 4.78 is 0. The summed E-state index contributed by atoms with van der Waals surface area (Å²) >= 11 is 0. The van der Waals surface area contributed by atoms with E-state index >= 15 is 0 Å². The molecule has 3 fully saturated rings. The Labute approximate surface area is 243 Å². The topological polar surface area (TPSA) is 168 Å². The largest absolute Gasteiger partial charge is 0.363 e. The standard InChI is InChI=1S/C30H49N5O6/c1-14(2)20(22(36)15(3)4)33-28(41)34-24(29(5,6)7)27(40)35-13-17-19(30(17,8)9)21(35)26(39)32-18(12-16-10-11-16)23(37)25(31)38/h14-21,24H,10-13H2,1-9H3,(H2,31,38)(H,32,39)(H2,33,34,41)/t17-,18?,19-,20-,21-,24+/m0/s1. The highest BCUT2D eigenvalue weighted by Gasteiger charge is 2.70. The van der Waals surface area contributed by atoms with Gasteiger partial charge in [-0.3, -0.25) is 24.0 Å². The van der Waals surface area contributed by atoms with E-state index in [2.05, 4.69) is 16.0 Å². The van der Waals surface area contributed by atoms with Crippen LogP contribution < -0.4 is 21.7 Å². The molecule has 0 radical (unpaired) electrons. The van der Waals surface area contributed by atoms with Gasteiger partial charge in [-0.2, -0.15) is 0 Å². The van der Waals surface area contributed by atoms with E-state index in [1.165, 1.54) is 4.90 Å². The van der Waals surface area contributed by atoms with Gasteiger partial charge in [0.1, 0.15) is 12.1 Å². The average molecular weight is 576 g/mol. The number of carbonyl (C=O) groups excluding carboxylic acids is 6. The first-order valence-electron chi connectivity index (χ1n) is 14.8. The lowest BCUT2D eigenvalue weighted by Crippen LogP contribution is -2.62. The number of nitrogens with one attached hydrogen (secondary N) is 3. The molecule has 1 heterocycles. The molecule has 1 saturated heterocycles. The molecule has 1 unspecified atom stereocenters. The molecule has 1 aliphatic heterocycles. The number of nitrogens with two attached hydrogens (primary N) is 1. The van der Waals surface area contributed by atoms with Crippen LogP contribution in [0.15, 0.2) is 0 Å². The fourth-order valence-corrected chi connectivity index (χ4v) is 6.21. The molecule has 2 aliphatic carbocycles. The van der Waals surface area contributed by atoms with Crippen molar-refractivity contribution in [2.45, 2.75) is 106 Å². The molecule has 6 atom stereocenters. The van der Waals surface area contributed by atoms with Crippen LogP contribution in [0.1, 0.15) is 81.6 Å². The molecule has 11 nitrogen and oxygen atoms in total. The van der Waals surface area contributed by atoms with Crippen molar-refractivity contribution in [1.29, 1.82) is 0 Å². The summed E-state index contributed by atoms with van der Waals surface area (Å²) in [7, 11) is 0. The first-order chi connectivity index (χ1) is 18.8. The Balaban J connectivity index is 1.82. The predicted molar refractivity (Wildman–Crippen MR) is 153 cm³/mol. The van der Waals surface area contributed by atoms with Crippen LogP contribution in [-0.4, -0.2) is 70.9 Å². The number of rotatable bonds is 12. The molecule has 11 heteroatoms. The summed E-state index contributed by atoms with van der Waals surface area (Å²) in [5.74, 6) is -3.14. The third-order valence-corrected chi connectivity index (χ3v) is 9.12. The molecule has 230 valence electrons. The second kappa shape index (κ2) is 11.7. The fraction of sp³-hybridized carbons (Fsp3) is 0.800. The Morgan fingerprint density at radius 1 is 0.951 bits per heavy atom. The van der Waals surface area contributed by atoms with Gasteiger partial charge in [-0.15, -0.1) is 0 Å². The number of carbonyl (C=O) groups is 6. The number of hydrogen-bond acceptors (Lipinski definition) is 6. The van der Waals surface area contributed by atoms with Crippen molar-refractivity contribution in [2.24, 2.45) is 46.2 Å². The van der Waals surface area contributed by atoms with E-state index < -0.39 is 59.1 Å². The molecule has 41 heavy (non-hydrogen) atoms. The summed E-state index contributed by atoms with van der Waals surface area (Å²) in [5, 5.41) is 8.29. The Hall–Kier alpha value is -2.98. The Bertz CT molecular complexity index is 1090. The van der Waals surface area contributed by atoms with Gasteiger partial charge in [0.05, 0.1) is 12.1 Å². The molecule has 0 bridgehead atoms. The molecule has 0 aromatic carbocycles. The Morgan fingerprint density at radius 3 is 2.00 bits per heavy atom. The smallest absolute Gasteiger partial charge is 0.316 e. The minimum Gasteiger partial charge on any atom is -0.363 e. The zero-order valence-electron chi connectivity index (χ0n) is 26.0. The van der Waals surface area contributed by atoms with E-state index in [-0.39, 0.29) is 40.8 Å². The molecule has 2 saturated carbocycles. The summed E-state index contributed by atoms with van der Waals surface area (Å²) in [6, 6.07) is -4.22. The third-order valence-electron chi connectivity index (χ3n) is 9.12. The molecule has 3 rings (SSSR count). The van der Waals surface area contributed by atoms with Gasteiger partial charge in [0.25, 0.3) is 5.91 Å². The van der Waals surface area contributed by atoms with Crippen LogP contribution in [0.5, 0.6) is 0 Å². The zero-order chi connectivity index (χ0) is 31.2. The SMILES string of the molecule is CC(C)C(=O)[C@@H](NC(=O)N[C@H](C(=O)N1C[C@H]2[C@@H]([C@H]1C(=O)NC(CC1CC1)C(=O)C(N)=O)C2(C)C)C(C)(C)C)C(C)C. The fourth-order valence-electron chi connectivity index (χ4n) is 6.21. The number of ketones is 2. The van der Waals surface area contributed by atoms with Crippen molar-refractivity contribution in [3.63, 3.8) is 0 Å². The van der Waals surface area contributed by atoms with Crippen LogP contribution in [-0.2, 0) is 24.0 Å². The van der Waals surface area contributed by atoms with Gasteiger partial charge in [-0.1, -0.05) is 75.2 Å². The quantitative estimate of drug-likeness (QED) is 0.259. The number of amides is 5. The number of urea groups is 1. The minimum atomic E-state index is -1.10. The van der Waals surface area contributed by atoms with Crippen LogP contribution in [0.2, 0.25) is 0 Å². The lowest BCUT2D eigenvalue weighted by Gasteiger charge is -2.38. The Kier molecular flexibility index (Phi) is 9.30. The van der Waals surface area contributed by atoms with E-state index in [0.29, 0.717) is 13.0 Å². The maximum absolute atomic E-state index is 14.1. The van der Waals surface area contributed by atoms with Gasteiger partial charge in [0.15, 0.2) is 5.78 Å². The third kappa shape index (κ3) is 7.09. The number of likely N-dealkylation sites (tertiary alicyclic amines) is 1. The number of hydrogen-bond donors (Lipinski definition) is 4. The lowest BCUT2D eigenvalue weighted by molar-refractivity contribution is -0.145. The monoisotopic (exact) mass is 575 g/mol. The van der Waals surface area contributed by atoms with Gasteiger partial charge in [0, 0.05) is 12.5 Å². The first kappa shape index (κ1) is 32.5. The maximum atomic E-state index is 14.1. The Morgan fingerprint density at radius 2 is 1.54 bits per heavy atom. The number of piperidine rings is 1. The lowest BCUT2D eigenvalue weighted by atomic mass is 9.85. The summed E-state index contributed by atoms with van der Waals surface area (Å²) in [4.78, 5) is 79.4. The maximum Gasteiger partial charge on any atom is 0.316 e. The summed E-state index contributed by atoms with van der Waals surface area (Å²) in [6.45, 7) is 17.1. The van der Waals surface area contributed by atoms with E-state index in [9.17, 15) is 28.8 Å². The van der Waals surface area contributed by atoms with E-state index in [1.54, 1.807) is 13.8 Å². The molecule has 5 amide bonds. The highest BCUT2D eigenvalue weighted by molar-refractivity contribution is 6.37. The molecule has 3 aliphatic rings. The van der Waals surface area contributed by atoms with E-state index in [4.69, 9.17) is 5.73 Å². The number of nitrogens with zero attached hydrogens (tertiary/aromatic N) is 1. The number of Topliss-reactive ketones (excluding diaryl/α,β-unsaturated/α-hetero) is 2. The molecular weight excluding hydrogens is 526 g/mol. The molecule has 0 spiro atoms. The van der Waals surface area contributed by atoms with Crippen molar-refractivity contribution in [3.05, 3.63) is 0 Å². The highest BCUT2D eigenvalue weighted by Crippen LogP contribution is 2.65. The van der Waals surface area contributed by atoms with Gasteiger partial charge in [-0.25, -0.2) is 4.79 Å². The van der Waals surface area contributed by atoms with Crippen LogP contribution in [0.25, 0.3) is 0 Å². The van der Waals surface area contributed by atoms with Crippen molar-refractivity contribution >= 4 is 35.3 Å². The number of primary amides is 1. The highest BCUT2D eigenvalue weighted by atomic mass is 16.2. The van der Waals surface area contributed by atoms with Crippen molar-refractivity contribution < 1.29 is 28.8 Å². The van der Waals surface area contributed by atoms with Crippen LogP contribution in [0.3, 0.4) is 0 Å². The molecule has 5 N–H and O–H groups in total. The molecule has 0 aromatic rings. The zero-order valence-corrected chi connectivity index (χ0v) is 26.0. The molecule has 0 aromatic heterocycles. The first-order valence-corrected chi connectivity index (χ1v) is 14.8. The van der Waals surface area contributed by atoms with Gasteiger partial charge >= 0.3 is 6.03 Å². The van der Waals surface area contributed by atoms with Crippen LogP contribution >= 0.6 is 0 Å². The normalized spacial score (nSPS) is 25.1. The van der Waals surface area contributed by atoms with Gasteiger partial charge in [-0.05, 0) is 40.9 Å².